The van der Waals surface area contributed by atoms with Gasteiger partial charge in [-0.2, -0.15) is 0 Å². The lowest BCUT2D eigenvalue weighted by atomic mass is 9.77. The topological polar surface area (TPSA) is 50.1 Å². The summed E-state index contributed by atoms with van der Waals surface area (Å²) < 4.78 is 0. The van der Waals surface area contributed by atoms with E-state index in [0.29, 0.717) is 6.04 Å². The van der Waals surface area contributed by atoms with Crippen LogP contribution >= 0.6 is 0 Å². The summed E-state index contributed by atoms with van der Waals surface area (Å²) in [5, 5.41) is 3.59. The third kappa shape index (κ3) is 1.49. The molecule has 0 aromatic heterocycles. The fourth-order valence-corrected chi connectivity index (χ4v) is 2.74. The maximum absolute atomic E-state index is 5.53. The minimum Gasteiger partial charge on any atom is -0.314 e. The van der Waals surface area contributed by atoms with Crippen LogP contribution in [0, 0.1) is 5.92 Å². The normalized spacial score (nSPS) is 42.2. The number of rotatable bonds is 1. The van der Waals surface area contributed by atoms with E-state index in [0.717, 1.165) is 18.5 Å². The minimum absolute atomic E-state index is 0.566. The van der Waals surface area contributed by atoms with Gasteiger partial charge in [-0.1, -0.05) is 12.8 Å². The van der Waals surface area contributed by atoms with E-state index in [4.69, 9.17) is 5.84 Å². The molecule has 1 saturated heterocycles. The summed E-state index contributed by atoms with van der Waals surface area (Å²) in [6, 6.07) is 1.31. The Morgan fingerprint density at radius 3 is 2.83 bits per heavy atom. The second-order valence-corrected chi connectivity index (χ2v) is 4.07. The van der Waals surface area contributed by atoms with Gasteiger partial charge in [0.2, 0.25) is 0 Å². The zero-order valence-electron chi connectivity index (χ0n) is 7.55. The molecule has 1 saturated carbocycles. The predicted molar refractivity (Wildman–Crippen MR) is 49.5 cm³/mol. The van der Waals surface area contributed by atoms with Crippen LogP contribution in [0.3, 0.4) is 0 Å². The Bertz CT molecular complexity index is 140. The van der Waals surface area contributed by atoms with E-state index >= 15 is 0 Å². The van der Waals surface area contributed by atoms with Gasteiger partial charge in [0.1, 0.15) is 0 Å². The van der Waals surface area contributed by atoms with Crippen LogP contribution in [0.15, 0.2) is 0 Å². The van der Waals surface area contributed by atoms with Crippen molar-refractivity contribution in [2.75, 3.05) is 6.54 Å². The molecule has 2 rings (SSSR count). The van der Waals surface area contributed by atoms with Crippen LogP contribution in [0.25, 0.3) is 0 Å². The zero-order chi connectivity index (χ0) is 8.39. The highest BCUT2D eigenvalue weighted by atomic mass is 15.2. The molecule has 1 aliphatic carbocycles. The molecule has 1 heterocycles. The van der Waals surface area contributed by atoms with Gasteiger partial charge >= 0.3 is 0 Å². The van der Waals surface area contributed by atoms with Crippen LogP contribution in [-0.4, -0.2) is 18.6 Å². The van der Waals surface area contributed by atoms with Gasteiger partial charge in [-0.3, -0.25) is 11.3 Å². The highest BCUT2D eigenvalue weighted by Gasteiger charge is 2.33. The largest absolute Gasteiger partial charge is 0.314 e. The Morgan fingerprint density at radius 1 is 1.17 bits per heavy atom. The Kier molecular flexibility index (Phi) is 2.63. The van der Waals surface area contributed by atoms with Crippen molar-refractivity contribution in [2.45, 2.75) is 44.2 Å². The van der Waals surface area contributed by atoms with Gasteiger partial charge in [0.05, 0.1) is 0 Å². The van der Waals surface area contributed by atoms with Crippen molar-refractivity contribution in [1.29, 1.82) is 0 Å². The molecule has 3 heteroatoms. The van der Waals surface area contributed by atoms with Gasteiger partial charge in [0.25, 0.3) is 0 Å². The molecule has 3 atom stereocenters. The molecule has 4 N–H and O–H groups in total. The molecule has 70 valence electrons. The van der Waals surface area contributed by atoms with Gasteiger partial charge in [-0.15, -0.1) is 0 Å². The molecule has 1 aliphatic heterocycles. The second-order valence-electron chi connectivity index (χ2n) is 4.07. The number of piperidine rings is 1. The molecule has 0 spiro atoms. The first-order valence-electron chi connectivity index (χ1n) is 5.11. The van der Waals surface area contributed by atoms with Crippen LogP contribution in [0.5, 0.6) is 0 Å². The molecule has 12 heavy (non-hydrogen) atoms. The lowest BCUT2D eigenvalue weighted by Crippen LogP contribution is -2.56. The Morgan fingerprint density at radius 2 is 2.00 bits per heavy atom. The molecule has 0 aromatic rings. The Hall–Kier alpha value is -0.120. The molecule has 3 nitrogen and oxygen atoms in total. The number of nitrogens with two attached hydrogens (primary N) is 1. The number of hydrogen-bond donors (Lipinski definition) is 3. The average Bonchev–Trinajstić information content (AvgIpc) is 2.17. The molecule has 2 aliphatic rings. The smallest absolute Gasteiger partial charge is 0.0265 e. The number of hydrazine groups is 1. The van der Waals surface area contributed by atoms with E-state index in [2.05, 4.69) is 10.7 Å². The summed E-state index contributed by atoms with van der Waals surface area (Å²) in [5.41, 5.74) is 2.96. The summed E-state index contributed by atoms with van der Waals surface area (Å²) in [5.74, 6) is 6.32. The first-order chi connectivity index (χ1) is 5.92. The van der Waals surface area contributed by atoms with Crippen molar-refractivity contribution < 1.29 is 0 Å². The van der Waals surface area contributed by atoms with Crippen molar-refractivity contribution in [1.82, 2.24) is 10.7 Å². The van der Waals surface area contributed by atoms with Crippen molar-refractivity contribution in [2.24, 2.45) is 11.8 Å². The Balaban J connectivity index is 1.99. The molecule has 0 aromatic carbocycles. The van der Waals surface area contributed by atoms with Crippen LogP contribution in [0.1, 0.15) is 32.1 Å². The van der Waals surface area contributed by atoms with Gasteiger partial charge in [-0.05, 0) is 31.7 Å². The Labute approximate surface area is 74.1 Å². The highest BCUT2D eigenvalue weighted by molar-refractivity contribution is 4.92. The SMILES string of the molecule is NN[C@@H]1CCN[C@H]2CCCC[C@@H]21. The van der Waals surface area contributed by atoms with Gasteiger partial charge in [-0.25, -0.2) is 0 Å². The quantitative estimate of drug-likeness (QED) is 0.393. The third-order valence-electron chi connectivity index (χ3n) is 3.41. The van der Waals surface area contributed by atoms with E-state index in [1.165, 1.54) is 32.1 Å². The lowest BCUT2D eigenvalue weighted by molar-refractivity contribution is 0.162. The molecule has 0 bridgehead atoms. The van der Waals surface area contributed by atoms with E-state index in [-0.39, 0.29) is 0 Å². The average molecular weight is 169 g/mol. The standard InChI is InChI=1S/C9H19N3/c10-12-9-5-6-11-8-4-2-1-3-7(8)9/h7-9,11-12H,1-6,10H2/t7-,8-,9+/m0/s1. The molecular weight excluding hydrogens is 150 g/mol. The van der Waals surface area contributed by atoms with Crippen LogP contribution in [-0.2, 0) is 0 Å². The maximum Gasteiger partial charge on any atom is 0.0265 e. The van der Waals surface area contributed by atoms with Crippen LogP contribution in [0.2, 0.25) is 0 Å². The summed E-state index contributed by atoms with van der Waals surface area (Å²) in [6.07, 6.45) is 6.68. The summed E-state index contributed by atoms with van der Waals surface area (Å²) in [6.45, 7) is 1.13. The maximum atomic E-state index is 5.53. The number of nitrogens with one attached hydrogen (secondary N) is 2. The zero-order valence-corrected chi connectivity index (χ0v) is 7.55. The summed E-state index contributed by atoms with van der Waals surface area (Å²) >= 11 is 0. The molecule has 0 amide bonds. The fourth-order valence-electron chi connectivity index (χ4n) is 2.74. The predicted octanol–water partition coefficient (Wildman–Crippen LogP) is 0.370. The monoisotopic (exact) mass is 169 g/mol. The molecule has 0 radical (unpaired) electrons. The summed E-state index contributed by atoms with van der Waals surface area (Å²) in [4.78, 5) is 0. The molecule has 0 unspecified atom stereocenters. The fraction of sp³-hybridized carbons (Fsp3) is 1.00. The molecular formula is C9H19N3. The van der Waals surface area contributed by atoms with Crippen molar-refractivity contribution in [3.05, 3.63) is 0 Å². The second kappa shape index (κ2) is 3.73. The van der Waals surface area contributed by atoms with Gasteiger partial charge < -0.3 is 5.32 Å². The molecule has 2 fully saturated rings. The van der Waals surface area contributed by atoms with Crippen LogP contribution in [0.4, 0.5) is 0 Å². The van der Waals surface area contributed by atoms with Gasteiger partial charge in [0, 0.05) is 12.1 Å². The third-order valence-corrected chi connectivity index (χ3v) is 3.41. The first kappa shape index (κ1) is 8.48. The van der Waals surface area contributed by atoms with E-state index in [1.807, 2.05) is 0 Å². The van der Waals surface area contributed by atoms with Crippen molar-refractivity contribution in [3.8, 4) is 0 Å². The number of fused-ring (bicyclic) bond motifs is 1. The highest BCUT2D eigenvalue weighted by Crippen LogP contribution is 2.30. The van der Waals surface area contributed by atoms with E-state index < -0.39 is 0 Å². The number of hydrogen-bond acceptors (Lipinski definition) is 3. The van der Waals surface area contributed by atoms with E-state index in [1.54, 1.807) is 0 Å². The first-order valence-corrected chi connectivity index (χ1v) is 5.11. The van der Waals surface area contributed by atoms with E-state index in [9.17, 15) is 0 Å². The van der Waals surface area contributed by atoms with Gasteiger partial charge in [0.15, 0.2) is 0 Å². The lowest BCUT2D eigenvalue weighted by Gasteiger charge is -2.41. The van der Waals surface area contributed by atoms with Crippen molar-refractivity contribution in [3.63, 3.8) is 0 Å². The van der Waals surface area contributed by atoms with Crippen molar-refractivity contribution >= 4 is 0 Å². The summed E-state index contributed by atoms with van der Waals surface area (Å²) in [7, 11) is 0. The minimum atomic E-state index is 0.566. The van der Waals surface area contributed by atoms with Crippen LogP contribution < -0.4 is 16.6 Å².